The minimum Gasteiger partial charge on any atom is -0.484 e. The van der Waals surface area contributed by atoms with Crippen molar-refractivity contribution in [2.24, 2.45) is 11.7 Å². The van der Waals surface area contributed by atoms with Crippen LogP contribution in [0.3, 0.4) is 0 Å². The molecule has 2 saturated heterocycles. The van der Waals surface area contributed by atoms with Crippen LogP contribution in [-0.2, 0) is 11.3 Å². The van der Waals surface area contributed by atoms with E-state index in [4.69, 9.17) is 10.5 Å². The summed E-state index contributed by atoms with van der Waals surface area (Å²) in [6.45, 7) is 8.20. The number of benzene rings is 1. The molecule has 0 saturated carbocycles. The summed E-state index contributed by atoms with van der Waals surface area (Å²) < 4.78 is 5.40. The van der Waals surface area contributed by atoms with Crippen molar-refractivity contribution in [3.05, 3.63) is 29.8 Å². The zero-order valence-electron chi connectivity index (χ0n) is 15.3. The minimum atomic E-state index is -0.445. The second kappa shape index (κ2) is 8.68. The molecule has 1 aromatic carbocycles. The molecule has 1 amide bonds. The molecule has 5 nitrogen and oxygen atoms in total. The average molecular weight is 345 g/mol. The highest BCUT2D eigenvalue weighted by Crippen LogP contribution is 2.27. The fourth-order valence-corrected chi connectivity index (χ4v) is 4.19. The van der Waals surface area contributed by atoms with E-state index in [1.165, 1.54) is 44.3 Å². The van der Waals surface area contributed by atoms with Crippen molar-refractivity contribution in [2.45, 2.75) is 45.2 Å². The van der Waals surface area contributed by atoms with Crippen molar-refractivity contribution in [1.29, 1.82) is 0 Å². The fraction of sp³-hybridized carbons (Fsp3) is 0.650. The quantitative estimate of drug-likeness (QED) is 0.823. The van der Waals surface area contributed by atoms with Gasteiger partial charge in [-0.3, -0.25) is 9.69 Å². The Kier molecular flexibility index (Phi) is 6.32. The fourth-order valence-electron chi connectivity index (χ4n) is 4.19. The van der Waals surface area contributed by atoms with Crippen molar-refractivity contribution in [3.63, 3.8) is 0 Å². The summed E-state index contributed by atoms with van der Waals surface area (Å²) in [5.41, 5.74) is 6.36. The highest BCUT2D eigenvalue weighted by Gasteiger charge is 2.28. The van der Waals surface area contributed by atoms with Crippen molar-refractivity contribution in [3.8, 4) is 5.75 Å². The Morgan fingerprint density at radius 2 is 1.96 bits per heavy atom. The molecule has 2 aliphatic heterocycles. The van der Waals surface area contributed by atoms with Crippen LogP contribution in [-0.4, -0.2) is 54.5 Å². The van der Waals surface area contributed by atoms with Gasteiger partial charge in [0.1, 0.15) is 5.75 Å². The summed E-state index contributed by atoms with van der Waals surface area (Å²) in [6.07, 6.45) is 5.32. The van der Waals surface area contributed by atoms with Gasteiger partial charge in [0.25, 0.3) is 5.91 Å². The van der Waals surface area contributed by atoms with Gasteiger partial charge in [0, 0.05) is 12.6 Å². The second-order valence-electron chi connectivity index (χ2n) is 7.50. The Hall–Kier alpha value is -1.59. The first-order valence-corrected chi connectivity index (χ1v) is 9.58. The van der Waals surface area contributed by atoms with Crippen LogP contribution in [0.5, 0.6) is 5.75 Å². The molecule has 0 aromatic heterocycles. The van der Waals surface area contributed by atoms with E-state index in [1.807, 2.05) is 18.2 Å². The Balaban J connectivity index is 1.47. The van der Waals surface area contributed by atoms with E-state index in [1.54, 1.807) is 0 Å². The number of hydrogen-bond donors (Lipinski definition) is 1. The lowest BCUT2D eigenvalue weighted by atomic mass is 9.89. The maximum atomic E-state index is 10.8. The van der Waals surface area contributed by atoms with E-state index in [9.17, 15) is 4.79 Å². The Labute approximate surface area is 151 Å². The molecule has 0 spiro atoms. The molecule has 5 heteroatoms. The van der Waals surface area contributed by atoms with Crippen LogP contribution in [0, 0.1) is 5.92 Å². The zero-order chi connectivity index (χ0) is 17.6. The van der Waals surface area contributed by atoms with E-state index >= 15 is 0 Å². The zero-order valence-corrected chi connectivity index (χ0v) is 15.3. The van der Waals surface area contributed by atoms with Gasteiger partial charge in [0.15, 0.2) is 6.61 Å². The van der Waals surface area contributed by atoms with E-state index < -0.39 is 5.91 Å². The minimum absolute atomic E-state index is 0.0662. The van der Waals surface area contributed by atoms with Crippen LogP contribution >= 0.6 is 0 Å². The molecule has 2 N–H and O–H groups in total. The van der Waals surface area contributed by atoms with Gasteiger partial charge in [0.05, 0.1) is 0 Å². The largest absolute Gasteiger partial charge is 0.484 e. The molecule has 2 fully saturated rings. The van der Waals surface area contributed by atoms with Crippen molar-refractivity contribution in [2.75, 3.05) is 32.8 Å². The molecular formula is C20H31N3O2. The first-order valence-electron chi connectivity index (χ1n) is 9.58. The Morgan fingerprint density at radius 3 is 2.64 bits per heavy atom. The number of primary amides is 1. The van der Waals surface area contributed by atoms with Crippen LogP contribution in [0.4, 0.5) is 0 Å². The lowest BCUT2D eigenvalue weighted by Gasteiger charge is -2.38. The smallest absolute Gasteiger partial charge is 0.255 e. The van der Waals surface area contributed by atoms with Crippen LogP contribution in [0.15, 0.2) is 24.3 Å². The van der Waals surface area contributed by atoms with Crippen LogP contribution in [0.2, 0.25) is 0 Å². The molecule has 2 aliphatic rings. The molecule has 0 radical (unpaired) electrons. The predicted octanol–water partition coefficient (Wildman–Crippen LogP) is 2.25. The highest BCUT2D eigenvalue weighted by atomic mass is 16.5. The molecule has 0 aliphatic carbocycles. The van der Waals surface area contributed by atoms with Gasteiger partial charge >= 0.3 is 0 Å². The van der Waals surface area contributed by atoms with Crippen LogP contribution in [0.25, 0.3) is 0 Å². The summed E-state index contributed by atoms with van der Waals surface area (Å²) in [4.78, 5) is 16.0. The van der Waals surface area contributed by atoms with Gasteiger partial charge in [-0.2, -0.15) is 0 Å². The number of ether oxygens (including phenoxy) is 1. The monoisotopic (exact) mass is 345 g/mol. The van der Waals surface area contributed by atoms with Gasteiger partial charge in [-0.15, -0.1) is 0 Å². The SMILES string of the molecule is C[C@H](C1CCN(Cc2cccc(OCC(N)=O)c2)CC1)N1CCCC1. The number of carbonyl (C=O) groups is 1. The number of piperidine rings is 1. The van der Waals surface area contributed by atoms with Gasteiger partial charge in [-0.25, -0.2) is 0 Å². The summed E-state index contributed by atoms with van der Waals surface area (Å²) in [5, 5.41) is 0. The number of hydrogen-bond acceptors (Lipinski definition) is 4. The normalized spacial score (nSPS) is 21.3. The first-order chi connectivity index (χ1) is 12.1. The molecule has 2 heterocycles. The molecule has 3 rings (SSSR count). The summed E-state index contributed by atoms with van der Waals surface area (Å²) >= 11 is 0. The van der Waals surface area contributed by atoms with Crippen LogP contribution < -0.4 is 10.5 Å². The standard InChI is InChI=1S/C20H31N3O2/c1-16(23-9-2-3-10-23)18-7-11-22(12-8-18)14-17-5-4-6-19(13-17)25-15-20(21)24/h4-6,13,16,18H,2-3,7-12,14-15H2,1H3,(H2,21,24)/t16-/m1/s1. The second-order valence-corrected chi connectivity index (χ2v) is 7.50. The van der Waals surface area contributed by atoms with Gasteiger partial charge in [-0.1, -0.05) is 12.1 Å². The number of carbonyl (C=O) groups excluding carboxylic acids is 1. The summed E-state index contributed by atoms with van der Waals surface area (Å²) in [7, 11) is 0. The van der Waals surface area contributed by atoms with E-state index in [2.05, 4.69) is 22.8 Å². The van der Waals surface area contributed by atoms with Crippen molar-refractivity contribution < 1.29 is 9.53 Å². The average Bonchev–Trinajstić information content (AvgIpc) is 3.15. The summed E-state index contributed by atoms with van der Waals surface area (Å²) in [5.74, 6) is 1.10. The number of rotatable bonds is 7. The van der Waals surface area contributed by atoms with E-state index in [0.717, 1.165) is 31.6 Å². The van der Waals surface area contributed by atoms with Crippen molar-refractivity contribution >= 4 is 5.91 Å². The maximum absolute atomic E-state index is 10.8. The van der Waals surface area contributed by atoms with E-state index in [-0.39, 0.29) is 6.61 Å². The van der Waals surface area contributed by atoms with Gasteiger partial charge in [-0.05, 0) is 82.4 Å². The predicted molar refractivity (Wildman–Crippen MR) is 99.4 cm³/mol. The summed E-state index contributed by atoms with van der Waals surface area (Å²) in [6, 6.07) is 8.72. The number of nitrogens with two attached hydrogens (primary N) is 1. The molecule has 25 heavy (non-hydrogen) atoms. The third-order valence-electron chi connectivity index (χ3n) is 5.72. The molecule has 0 bridgehead atoms. The Morgan fingerprint density at radius 1 is 1.24 bits per heavy atom. The maximum Gasteiger partial charge on any atom is 0.255 e. The first kappa shape index (κ1) is 18.2. The van der Waals surface area contributed by atoms with Crippen molar-refractivity contribution in [1.82, 2.24) is 9.80 Å². The van der Waals surface area contributed by atoms with Gasteiger partial charge in [0.2, 0.25) is 0 Å². The lowest BCUT2D eigenvalue weighted by Crippen LogP contribution is -2.42. The number of amides is 1. The molecule has 1 aromatic rings. The number of nitrogens with zero attached hydrogens (tertiary/aromatic N) is 2. The molecule has 138 valence electrons. The molecular weight excluding hydrogens is 314 g/mol. The van der Waals surface area contributed by atoms with Crippen LogP contribution in [0.1, 0.15) is 38.2 Å². The van der Waals surface area contributed by atoms with Gasteiger partial charge < -0.3 is 15.4 Å². The third kappa shape index (κ3) is 5.19. The Bertz CT molecular complexity index is 564. The third-order valence-corrected chi connectivity index (χ3v) is 5.72. The molecule has 1 atom stereocenters. The molecule has 0 unspecified atom stereocenters. The van der Waals surface area contributed by atoms with E-state index in [0.29, 0.717) is 5.75 Å². The topological polar surface area (TPSA) is 58.8 Å². The highest BCUT2D eigenvalue weighted by molar-refractivity contribution is 5.75. The lowest BCUT2D eigenvalue weighted by molar-refractivity contribution is -0.119. The number of likely N-dealkylation sites (tertiary alicyclic amines) is 2.